The van der Waals surface area contributed by atoms with Gasteiger partial charge in [-0.05, 0) is 36.8 Å². The van der Waals surface area contributed by atoms with Gasteiger partial charge in [-0.15, -0.1) is 0 Å². The minimum absolute atomic E-state index is 0.00365. The third kappa shape index (κ3) is 5.82. The summed E-state index contributed by atoms with van der Waals surface area (Å²) in [7, 11) is -3.63. The maximum absolute atomic E-state index is 13.4. The van der Waals surface area contributed by atoms with Crippen molar-refractivity contribution in [3.05, 3.63) is 83.7 Å². The first-order chi connectivity index (χ1) is 17.0. The zero-order valence-corrected chi connectivity index (χ0v) is 20.6. The van der Waals surface area contributed by atoms with Crippen LogP contribution in [0.5, 0.6) is 0 Å². The quantitative estimate of drug-likeness (QED) is 0.427. The second-order valence-corrected chi connectivity index (χ2v) is 11.3. The Labute approximate surface area is 206 Å². The summed E-state index contributed by atoms with van der Waals surface area (Å²) in [6.45, 7) is 1.52. The Morgan fingerprint density at radius 3 is 2.31 bits per heavy atom. The first-order valence-corrected chi connectivity index (χ1v) is 13.9. The van der Waals surface area contributed by atoms with Crippen molar-refractivity contribution < 1.29 is 17.9 Å². The average molecular weight is 494 g/mol. The Hall–Kier alpha value is -2.97. The molecule has 0 unspecified atom stereocenters. The molecule has 8 heteroatoms. The van der Waals surface area contributed by atoms with Crippen molar-refractivity contribution in [1.82, 2.24) is 14.5 Å². The molecule has 3 aromatic rings. The van der Waals surface area contributed by atoms with E-state index in [1.54, 1.807) is 6.20 Å². The van der Waals surface area contributed by atoms with E-state index in [1.165, 1.54) is 0 Å². The third-order valence-electron chi connectivity index (χ3n) is 6.58. The van der Waals surface area contributed by atoms with Crippen molar-refractivity contribution in [3.8, 4) is 0 Å². The van der Waals surface area contributed by atoms with E-state index in [0.717, 1.165) is 42.5 Å². The van der Waals surface area contributed by atoms with Crippen LogP contribution < -0.4 is 0 Å². The van der Waals surface area contributed by atoms with Gasteiger partial charge < -0.3 is 14.2 Å². The molecule has 2 heterocycles. The lowest BCUT2D eigenvalue weighted by Gasteiger charge is -2.26. The molecular formula is C27H31N3O4S. The number of amides is 1. The molecule has 0 bridgehead atoms. The molecule has 1 aliphatic heterocycles. The first kappa shape index (κ1) is 23.8. The van der Waals surface area contributed by atoms with Crippen LogP contribution in [0.1, 0.15) is 48.5 Å². The Balaban J connectivity index is 1.40. The van der Waals surface area contributed by atoms with Gasteiger partial charge in [-0.1, -0.05) is 60.7 Å². The average Bonchev–Trinajstić information content (AvgIpc) is 3.38. The van der Waals surface area contributed by atoms with Crippen molar-refractivity contribution in [1.29, 1.82) is 0 Å². The molecule has 7 nitrogen and oxygen atoms in total. The van der Waals surface area contributed by atoms with Gasteiger partial charge in [0.1, 0.15) is 0 Å². The van der Waals surface area contributed by atoms with Crippen LogP contribution in [0, 0.1) is 0 Å². The van der Waals surface area contributed by atoms with Crippen LogP contribution in [0.2, 0.25) is 0 Å². The Morgan fingerprint density at radius 1 is 1.00 bits per heavy atom. The minimum Gasteiger partial charge on any atom is -0.376 e. The van der Waals surface area contributed by atoms with E-state index >= 15 is 0 Å². The number of carbonyl (C=O) groups is 1. The molecule has 1 aromatic heterocycles. The fourth-order valence-corrected chi connectivity index (χ4v) is 6.21. The second-order valence-electron chi connectivity index (χ2n) is 9.45. The van der Waals surface area contributed by atoms with E-state index in [-0.39, 0.29) is 29.0 Å². The van der Waals surface area contributed by atoms with Crippen LogP contribution in [-0.2, 0) is 38.1 Å². The van der Waals surface area contributed by atoms with Gasteiger partial charge in [-0.25, -0.2) is 13.4 Å². The molecule has 1 saturated carbocycles. The normalized spacial score (nSPS) is 18.0. The summed E-state index contributed by atoms with van der Waals surface area (Å²) in [4.78, 5) is 19.6. The Morgan fingerprint density at radius 2 is 1.69 bits per heavy atom. The van der Waals surface area contributed by atoms with Crippen LogP contribution in [0.3, 0.4) is 0 Å². The smallest absolute Gasteiger partial charge is 0.228 e. The number of carbonyl (C=O) groups excluding carboxylic acids is 1. The summed E-state index contributed by atoms with van der Waals surface area (Å²) in [6.07, 6.45) is 5.69. The van der Waals surface area contributed by atoms with Gasteiger partial charge in [0.05, 0.1) is 36.7 Å². The molecular weight excluding hydrogens is 462 g/mol. The summed E-state index contributed by atoms with van der Waals surface area (Å²) in [5, 5.41) is 0.103. The van der Waals surface area contributed by atoms with Crippen molar-refractivity contribution >= 4 is 15.7 Å². The fourth-order valence-electron chi connectivity index (χ4n) is 4.67. The molecule has 1 amide bonds. The molecule has 0 spiro atoms. The summed E-state index contributed by atoms with van der Waals surface area (Å²) < 4.78 is 34.3. The molecule has 0 N–H and O–H groups in total. The van der Waals surface area contributed by atoms with Crippen molar-refractivity contribution in [3.63, 3.8) is 0 Å². The molecule has 35 heavy (non-hydrogen) atoms. The first-order valence-electron chi connectivity index (χ1n) is 12.3. The van der Waals surface area contributed by atoms with Crippen LogP contribution >= 0.6 is 0 Å². The number of ether oxygens (including phenoxy) is 1. The molecule has 2 aliphatic rings. The van der Waals surface area contributed by atoms with E-state index in [1.807, 2.05) is 70.1 Å². The maximum atomic E-state index is 13.4. The second kappa shape index (κ2) is 10.3. The topological polar surface area (TPSA) is 81.5 Å². The predicted molar refractivity (Wildman–Crippen MR) is 132 cm³/mol. The molecule has 5 rings (SSSR count). The molecule has 2 aromatic carbocycles. The summed E-state index contributed by atoms with van der Waals surface area (Å²) in [5.41, 5.74) is 2.45. The van der Waals surface area contributed by atoms with Crippen molar-refractivity contribution in [2.24, 2.45) is 0 Å². The lowest BCUT2D eigenvalue weighted by Crippen LogP contribution is -2.38. The number of imidazole rings is 1. The lowest BCUT2D eigenvalue weighted by molar-refractivity contribution is -0.132. The molecule has 2 fully saturated rings. The lowest BCUT2D eigenvalue weighted by atomic mass is 10.1. The van der Waals surface area contributed by atoms with Gasteiger partial charge in [-0.2, -0.15) is 0 Å². The van der Waals surface area contributed by atoms with E-state index in [9.17, 15) is 13.2 Å². The summed E-state index contributed by atoms with van der Waals surface area (Å²) >= 11 is 0. The highest BCUT2D eigenvalue weighted by Gasteiger charge is 2.34. The summed E-state index contributed by atoms with van der Waals surface area (Å²) in [6, 6.07) is 19.0. The molecule has 1 saturated heterocycles. The highest BCUT2D eigenvalue weighted by molar-refractivity contribution is 7.90. The van der Waals surface area contributed by atoms with Crippen LogP contribution in [0.15, 0.2) is 72.0 Å². The highest BCUT2D eigenvalue weighted by Crippen LogP contribution is 2.39. The number of hydrogen-bond donors (Lipinski definition) is 0. The van der Waals surface area contributed by atoms with E-state index in [2.05, 4.69) is 4.98 Å². The van der Waals surface area contributed by atoms with Crippen LogP contribution in [-0.4, -0.2) is 48.0 Å². The number of aromatic nitrogens is 2. The summed E-state index contributed by atoms with van der Waals surface area (Å²) in [5.74, 6) is -0.0900. The Kier molecular flexibility index (Phi) is 7.02. The van der Waals surface area contributed by atoms with E-state index in [4.69, 9.17) is 4.74 Å². The Bertz CT molecular complexity index is 1250. The largest absolute Gasteiger partial charge is 0.376 e. The third-order valence-corrected chi connectivity index (χ3v) is 8.15. The number of sulfone groups is 1. The monoisotopic (exact) mass is 493 g/mol. The molecule has 0 radical (unpaired) electrons. The highest BCUT2D eigenvalue weighted by atomic mass is 32.2. The van der Waals surface area contributed by atoms with Gasteiger partial charge in [0.15, 0.2) is 0 Å². The molecule has 1 atom stereocenters. The fraction of sp³-hybridized carbons (Fsp3) is 0.407. The van der Waals surface area contributed by atoms with E-state index < -0.39 is 9.84 Å². The zero-order chi connectivity index (χ0) is 24.3. The maximum Gasteiger partial charge on any atom is 0.228 e. The number of hydrogen-bond acceptors (Lipinski definition) is 5. The van der Waals surface area contributed by atoms with Gasteiger partial charge >= 0.3 is 0 Å². The number of benzene rings is 2. The predicted octanol–water partition coefficient (Wildman–Crippen LogP) is 3.94. The van der Waals surface area contributed by atoms with Gasteiger partial charge in [0.2, 0.25) is 20.9 Å². The molecule has 184 valence electrons. The number of rotatable bonds is 10. The van der Waals surface area contributed by atoms with Gasteiger partial charge in [-0.3, -0.25) is 4.79 Å². The zero-order valence-electron chi connectivity index (χ0n) is 19.8. The number of nitrogens with zero attached hydrogens (tertiary/aromatic N) is 3. The van der Waals surface area contributed by atoms with E-state index in [0.29, 0.717) is 26.1 Å². The van der Waals surface area contributed by atoms with Gasteiger partial charge in [0, 0.05) is 19.2 Å². The standard InChI is InChI=1S/C27H31N3O4S/c31-26(16-21-8-3-1-4-9-21)29(19-25-12-7-15-34-25)18-24-17-28-27(30(24)23-13-14-23)35(32,33)20-22-10-5-2-6-11-22/h1-6,8-11,17,23,25H,7,12-16,18-20H2/t25-/m0/s1. The van der Waals surface area contributed by atoms with Crippen molar-refractivity contribution in [2.45, 2.75) is 61.7 Å². The SMILES string of the molecule is O=C(Cc1ccccc1)N(Cc1cnc(S(=O)(=O)Cc2ccccc2)n1C1CC1)C[C@@H]1CCCO1. The van der Waals surface area contributed by atoms with Crippen LogP contribution in [0.25, 0.3) is 0 Å². The molecule has 1 aliphatic carbocycles. The van der Waals surface area contributed by atoms with Crippen LogP contribution in [0.4, 0.5) is 0 Å². The van der Waals surface area contributed by atoms with Crippen molar-refractivity contribution in [2.75, 3.05) is 13.2 Å². The minimum atomic E-state index is -3.63. The van der Waals surface area contributed by atoms with Gasteiger partial charge in [0.25, 0.3) is 0 Å².